The Hall–Kier alpha value is -1.94. The van der Waals surface area contributed by atoms with Crippen molar-refractivity contribution in [1.29, 1.82) is 0 Å². The summed E-state index contributed by atoms with van der Waals surface area (Å²) in [6.45, 7) is 14.1. The maximum Gasteiger partial charge on any atom is 0.472 e. The number of hydrogen-bond donors (Lipinski definition) is 3. The summed E-state index contributed by atoms with van der Waals surface area (Å²) >= 11 is 0. The summed E-state index contributed by atoms with van der Waals surface area (Å²) in [5.41, 5.74) is 0. The van der Waals surface area contributed by atoms with Gasteiger partial charge in [0.25, 0.3) is 0 Å². The number of esters is 4. The third kappa shape index (κ3) is 65.4. The highest BCUT2D eigenvalue weighted by molar-refractivity contribution is 7.47. The second-order valence-electron chi connectivity index (χ2n) is 28.0. The van der Waals surface area contributed by atoms with Gasteiger partial charge in [-0.25, -0.2) is 9.13 Å². The van der Waals surface area contributed by atoms with Crippen LogP contribution in [0.4, 0.5) is 0 Å². The second kappa shape index (κ2) is 62.6. The van der Waals surface area contributed by atoms with E-state index in [-0.39, 0.29) is 25.7 Å². The maximum atomic E-state index is 13.0. The molecule has 546 valence electrons. The Balaban J connectivity index is 5.18. The monoisotopic (exact) mass is 1350 g/mol. The van der Waals surface area contributed by atoms with Crippen LogP contribution in [0.3, 0.4) is 0 Å². The van der Waals surface area contributed by atoms with Gasteiger partial charge in [0.15, 0.2) is 12.2 Å². The largest absolute Gasteiger partial charge is 0.472 e. The fourth-order valence-corrected chi connectivity index (χ4v) is 12.6. The van der Waals surface area contributed by atoms with Gasteiger partial charge < -0.3 is 33.8 Å². The van der Waals surface area contributed by atoms with Gasteiger partial charge in [0.05, 0.1) is 26.4 Å². The normalized spacial score (nSPS) is 14.5. The Labute approximate surface area is 562 Å². The van der Waals surface area contributed by atoms with Gasteiger partial charge in [-0.3, -0.25) is 37.3 Å². The van der Waals surface area contributed by atoms with Gasteiger partial charge in [0.1, 0.15) is 19.3 Å². The molecule has 0 aliphatic heterocycles. The lowest BCUT2D eigenvalue weighted by atomic mass is 10.00. The first-order valence-electron chi connectivity index (χ1n) is 37.7. The first kappa shape index (κ1) is 90.1. The van der Waals surface area contributed by atoms with Crippen LogP contribution in [0, 0.1) is 23.7 Å². The molecule has 0 saturated heterocycles. The predicted molar refractivity (Wildman–Crippen MR) is 372 cm³/mol. The summed E-state index contributed by atoms with van der Waals surface area (Å²) in [7, 11) is -9.90. The number of ether oxygens (including phenoxy) is 4. The summed E-state index contributed by atoms with van der Waals surface area (Å²) in [5, 5.41) is 10.6. The molecule has 92 heavy (non-hydrogen) atoms. The molecule has 6 atom stereocenters. The molecule has 0 heterocycles. The number of hydrogen-bond acceptors (Lipinski definition) is 15. The number of carbonyl (C=O) groups excluding carboxylic acids is 4. The van der Waals surface area contributed by atoms with Crippen molar-refractivity contribution in [3.63, 3.8) is 0 Å². The maximum absolute atomic E-state index is 13.0. The van der Waals surface area contributed by atoms with Crippen LogP contribution in [-0.4, -0.2) is 96.7 Å². The van der Waals surface area contributed by atoms with Crippen LogP contribution in [-0.2, 0) is 65.4 Å². The Morgan fingerprint density at radius 3 is 0.772 bits per heavy atom. The lowest BCUT2D eigenvalue weighted by molar-refractivity contribution is -0.161. The van der Waals surface area contributed by atoms with Crippen molar-refractivity contribution in [2.75, 3.05) is 39.6 Å². The van der Waals surface area contributed by atoms with Crippen molar-refractivity contribution in [3.05, 3.63) is 0 Å². The Kier molecular flexibility index (Phi) is 61.3. The molecule has 0 saturated carbocycles. The van der Waals surface area contributed by atoms with Crippen LogP contribution in [0.25, 0.3) is 0 Å². The van der Waals surface area contributed by atoms with Gasteiger partial charge >= 0.3 is 39.5 Å². The van der Waals surface area contributed by atoms with Crippen LogP contribution >= 0.6 is 15.6 Å². The van der Waals surface area contributed by atoms with Gasteiger partial charge in [-0.05, 0) is 49.4 Å². The molecule has 3 unspecified atom stereocenters. The average molecular weight is 1350 g/mol. The zero-order valence-electron chi connectivity index (χ0n) is 60.2. The summed E-state index contributed by atoms with van der Waals surface area (Å²) in [6.07, 6.45) is 46.2. The smallest absolute Gasteiger partial charge is 0.462 e. The third-order valence-electron chi connectivity index (χ3n) is 17.2. The van der Waals surface area contributed by atoms with Crippen molar-refractivity contribution < 1.29 is 80.2 Å². The lowest BCUT2D eigenvalue weighted by Gasteiger charge is -2.21. The molecule has 0 aliphatic carbocycles. The average Bonchev–Trinajstić information content (AvgIpc) is 3.02. The summed E-state index contributed by atoms with van der Waals surface area (Å²) < 4.78 is 68.3. The van der Waals surface area contributed by atoms with E-state index in [4.69, 9.17) is 37.0 Å². The van der Waals surface area contributed by atoms with Crippen LogP contribution in [0.2, 0.25) is 0 Å². The van der Waals surface area contributed by atoms with E-state index in [1.807, 2.05) is 0 Å². The fraction of sp³-hybridized carbons (Fsp3) is 0.945. The van der Waals surface area contributed by atoms with E-state index in [1.165, 1.54) is 161 Å². The van der Waals surface area contributed by atoms with Crippen molar-refractivity contribution >= 4 is 39.5 Å². The van der Waals surface area contributed by atoms with Gasteiger partial charge in [-0.1, -0.05) is 312 Å². The number of aliphatic hydroxyl groups excluding tert-OH is 1. The van der Waals surface area contributed by atoms with E-state index < -0.39 is 97.5 Å². The van der Waals surface area contributed by atoms with Gasteiger partial charge in [0.2, 0.25) is 0 Å². The molecule has 0 aliphatic rings. The molecule has 0 aromatic carbocycles. The molecule has 17 nitrogen and oxygen atoms in total. The zero-order valence-corrected chi connectivity index (χ0v) is 62.0. The van der Waals surface area contributed by atoms with Gasteiger partial charge in [0, 0.05) is 25.7 Å². The Morgan fingerprint density at radius 2 is 0.522 bits per heavy atom. The number of rotatable bonds is 70. The van der Waals surface area contributed by atoms with E-state index in [0.29, 0.717) is 31.6 Å². The van der Waals surface area contributed by atoms with Gasteiger partial charge in [-0.15, -0.1) is 0 Å². The predicted octanol–water partition coefficient (Wildman–Crippen LogP) is 20.9. The Bertz CT molecular complexity index is 1820. The van der Waals surface area contributed by atoms with Crippen LogP contribution in [0.5, 0.6) is 0 Å². The summed E-state index contributed by atoms with van der Waals surface area (Å²) in [4.78, 5) is 72.6. The van der Waals surface area contributed by atoms with E-state index in [2.05, 4.69) is 55.4 Å². The quantitative estimate of drug-likeness (QED) is 0.0222. The first-order chi connectivity index (χ1) is 44.1. The van der Waals surface area contributed by atoms with Crippen LogP contribution in [0.1, 0.15) is 364 Å². The molecular weight excluding hydrogens is 1210 g/mol. The SMILES string of the molecule is CCC(C)CCCCCCCCC(=O)OC[C@H](COP(=O)(O)OC[C@H](O)COP(=O)(O)OC[C@@H](COC(=O)CCCCCCCCCCC(C)C)OC(=O)CCCCCCCCCCCCCCCCCCCCC(C)C)OC(=O)CCCCCCCCCC(C)C. The number of phosphoric acid groups is 2. The van der Waals surface area contributed by atoms with E-state index in [0.717, 1.165) is 114 Å². The highest BCUT2D eigenvalue weighted by Crippen LogP contribution is 2.45. The van der Waals surface area contributed by atoms with Crippen molar-refractivity contribution in [2.24, 2.45) is 23.7 Å². The summed E-state index contributed by atoms with van der Waals surface area (Å²) in [6, 6.07) is 0. The standard InChI is InChI=1S/C73H142O17P2/c1-9-66(8)52-44-36-31-32-38-46-54-71(76)84-60-69(90-73(78)56-48-40-30-24-27-35-43-51-65(6)7)62-88-92(81,82)86-58-67(74)57-85-91(79,80)87-61-68(59-83-70(75)53-45-37-28-23-22-26-34-42-50-64(4)5)89-72(77)55-47-39-29-21-19-17-15-13-11-10-12-14-16-18-20-25-33-41-49-63(2)3/h63-69,74H,9-62H2,1-8H3,(H,79,80)(H,81,82)/t66?,67-,68-,69-/m1/s1. The molecule has 0 amide bonds. The molecular formula is C73H142O17P2. The minimum atomic E-state index is -4.95. The topological polar surface area (TPSA) is 237 Å². The third-order valence-corrected chi connectivity index (χ3v) is 19.1. The van der Waals surface area contributed by atoms with Crippen molar-refractivity contribution in [1.82, 2.24) is 0 Å². The summed E-state index contributed by atoms with van der Waals surface area (Å²) in [5.74, 6) is 0.843. The van der Waals surface area contributed by atoms with Crippen LogP contribution in [0.15, 0.2) is 0 Å². The van der Waals surface area contributed by atoms with E-state index >= 15 is 0 Å². The molecule has 0 bridgehead atoms. The molecule has 3 N–H and O–H groups in total. The first-order valence-corrected chi connectivity index (χ1v) is 40.7. The highest BCUT2D eigenvalue weighted by atomic mass is 31.2. The van der Waals surface area contributed by atoms with E-state index in [1.54, 1.807) is 0 Å². The number of carbonyl (C=O) groups is 4. The molecule has 19 heteroatoms. The molecule has 0 aromatic heterocycles. The Morgan fingerprint density at radius 1 is 0.304 bits per heavy atom. The zero-order chi connectivity index (χ0) is 68.2. The number of unbranched alkanes of at least 4 members (excludes halogenated alkanes) is 35. The molecule has 0 rings (SSSR count). The highest BCUT2D eigenvalue weighted by Gasteiger charge is 2.30. The number of phosphoric ester groups is 2. The second-order valence-corrected chi connectivity index (χ2v) is 30.9. The lowest BCUT2D eigenvalue weighted by Crippen LogP contribution is -2.30. The minimum Gasteiger partial charge on any atom is -0.462 e. The van der Waals surface area contributed by atoms with Gasteiger partial charge in [-0.2, -0.15) is 0 Å². The fourth-order valence-electron chi connectivity index (χ4n) is 11.0. The molecule has 0 fully saturated rings. The molecule has 0 spiro atoms. The minimum absolute atomic E-state index is 0.102. The van der Waals surface area contributed by atoms with E-state index in [9.17, 15) is 43.2 Å². The molecule has 0 aromatic rings. The van der Waals surface area contributed by atoms with Crippen LogP contribution < -0.4 is 0 Å². The molecule has 0 radical (unpaired) electrons. The number of aliphatic hydroxyl groups is 1. The van der Waals surface area contributed by atoms with Crippen molar-refractivity contribution in [2.45, 2.75) is 382 Å². The van der Waals surface area contributed by atoms with Crippen molar-refractivity contribution in [3.8, 4) is 0 Å².